The molecule has 1 aromatic rings. The molecule has 4 heterocycles. The number of aliphatic hydroxyl groups excluding tert-OH is 1. The molecule has 3 saturated carbocycles. The molecular weight excluding hydrogens is 745 g/mol. The predicted octanol–water partition coefficient (Wildman–Crippen LogP) is 9.36. The van der Waals surface area contributed by atoms with Crippen molar-refractivity contribution in [3.8, 4) is 0 Å². The largest absolute Gasteiger partial charge is 0.453 e. The Morgan fingerprint density at radius 2 is 1.58 bits per heavy atom. The molecule has 0 radical (unpaired) electrons. The van der Waals surface area contributed by atoms with Crippen LogP contribution >= 0.6 is 0 Å². The Morgan fingerprint density at radius 1 is 0.831 bits per heavy atom. The molecule has 59 heavy (non-hydrogen) atoms. The van der Waals surface area contributed by atoms with E-state index < -0.39 is 24.8 Å². The third kappa shape index (κ3) is 7.11. The second-order valence-electron chi connectivity index (χ2n) is 21.5. The Hall–Kier alpha value is -1.85. The topological polar surface area (TPSA) is 102 Å². The van der Waals surface area contributed by atoms with Gasteiger partial charge in [-0.1, -0.05) is 85.2 Å². The van der Waals surface area contributed by atoms with Gasteiger partial charge in [-0.2, -0.15) is 0 Å². The number of carbonyl (C=O) groups is 1. The molecule has 21 atom stereocenters. The predicted molar refractivity (Wildman–Crippen MR) is 224 cm³/mol. The van der Waals surface area contributed by atoms with E-state index >= 15 is 0 Å². The molecule has 4 aliphatic heterocycles. The van der Waals surface area contributed by atoms with Crippen molar-refractivity contribution < 1.29 is 43.1 Å². The van der Waals surface area contributed by atoms with Gasteiger partial charge in [-0.15, -0.1) is 0 Å². The summed E-state index contributed by atoms with van der Waals surface area (Å²) in [5.41, 5.74) is 2.51. The van der Waals surface area contributed by atoms with Gasteiger partial charge in [0.15, 0.2) is 24.5 Å². The molecule has 9 nitrogen and oxygen atoms in total. The lowest BCUT2D eigenvalue weighted by Crippen LogP contribution is -2.58. The smallest absolute Gasteiger partial charge is 0.338 e. The average molecular weight is 819 g/mol. The minimum Gasteiger partial charge on any atom is -0.453 e. The maximum Gasteiger partial charge on any atom is 0.338 e. The molecule has 4 aliphatic carbocycles. The van der Waals surface area contributed by atoms with Crippen LogP contribution in [0.25, 0.3) is 0 Å². The van der Waals surface area contributed by atoms with Gasteiger partial charge in [0, 0.05) is 18.3 Å². The molecule has 1 spiro atoms. The summed E-state index contributed by atoms with van der Waals surface area (Å²) in [6.07, 6.45) is 9.89. The van der Waals surface area contributed by atoms with Crippen molar-refractivity contribution in [1.29, 1.82) is 0 Å². The summed E-state index contributed by atoms with van der Waals surface area (Å²) < 4.78 is 47.0. The van der Waals surface area contributed by atoms with Crippen molar-refractivity contribution >= 4 is 5.97 Å². The summed E-state index contributed by atoms with van der Waals surface area (Å²) in [4.78, 5) is 13.4. The van der Waals surface area contributed by atoms with E-state index in [2.05, 4.69) is 68.4 Å². The van der Waals surface area contributed by atoms with Crippen LogP contribution in [0.4, 0.5) is 0 Å². The van der Waals surface area contributed by atoms with Crippen LogP contribution in [0.15, 0.2) is 42.0 Å². The van der Waals surface area contributed by atoms with Crippen LogP contribution in [0.2, 0.25) is 0 Å². The summed E-state index contributed by atoms with van der Waals surface area (Å²) in [6.45, 7) is 21.3. The molecule has 7 fully saturated rings. The first kappa shape index (κ1) is 42.5. The van der Waals surface area contributed by atoms with Gasteiger partial charge in [0.2, 0.25) is 0 Å². The van der Waals surface area contributed by atoms with E-state index in [-0.39, 0.29) is 65.8 Å². The number of fused-ring (bicyclic) bond motifs is 7. The fourth-order valence-corrected chi connectivity index (χ4v) is 14.3. The molecule has 0 bridgehead atoms. The highest BCUT2D eigenvalue weighted by Crippen LogP contribution is 2.70. The molecule has 9 rings (SSSR count). The van der Waals surface area contributed by atoms with Crippen LogP contribution in [0.3, 0.4) is 0 Å². The third-order valence-electron chi connectivity index (χ3n) is 18.6. The van der Waals surface area contributed by atoms with Gasteiger partial charge in [0.25, 0.3) is 0 Å². The monoisotopic (exact) mass is 819 g/mol. The zero-order valence-corrected chi connectivity index (χ0v) is 37.3. The molecular formula is C50H74O9. The Bertz CT molecular complexity index is 1690. The fourth-order valence-electron chi connectivity index (χ4n) is 14.3. The summed E-state index contributed by atoms with van der Waals surface area (Å²) in [5, 5.41) is 10.5. The zero-order valence-electron chi connectivity index (χ0n) is 37.3. The normalized spacial score (nSPS) is 51.9. The van der Waals surface area contributed by atoms with E-state index in [4.69, 9.17) is 33.2 Å². The van der Waals surface area contributed by atoms with Crippen LogP contribution in [0, 0.1) is 70.0 Å². The minimum absolute atomic E-state index is 0.000166. The van der Waals surface area contributed by atoms with Gasteiger partial charge in [-0.3, -0.25) is 0 Å². The highest BCUT2D eigenvalue weighted by molar-refractivity contribution is 5.89. The zero-order chi connectivity index (χ0) is 41.6. The van der Waals surface area contributed by atoms with Crippen LogP contribution in [0.1, 0.15) is 130 Å². The highest BCUT2D eigenvalue weighted by Gasteiger charge is 2.69. The maximum absolute atomic E-state index is 13.4. The van der Waals surface area contributed by atoms with Gasteiger partial charge in [0.05, 0.1) is 43.2 Å². The fraction of sp³-hybridized carbons (Fsp3) is 0.820. The number of aliphatic hydroxyl groups is 1. The molecule has 8 aliphatic rings. The van der Waals surface area contributed by atoms with Gasteiger partial charge in [0.1, 0.15) is 6.10 Å². The number of hydrogen-bond acceptors (Lipinski definition) is 9. The molecule has 1 N–H and O–H groups in total. The van der Waals surface area contributed by atoms with Crippen molar-refractivity contribution in [3.63, 3.8) is 0 Å². The number of allylic oxidation sites excluding steroid dienone is 1. The number of ether oxygens (including phenoxy) is 7. The standard InChI is InChI=1S/C50H74O9/c1-27-17-22-50(53-26-27)32(6)42-40(59-50)24-39-37-16-15-35-23-36(18-20-48(35,8)38(37)19-21-49(39,42)9)55-47-44(31(5)29(3)41(25-51)56-47)58-46-43(30(4)28(2)33(7)54-46)57-45(52)34-13-11-10-12-14-34/h10-15,27-33,36-44,46-47,51H,16-26H2,1-9H3/t27-,28-,29+,30+,31+,32+,33?,36+,37-,38+,39+,40+,41?,42+,43?,44?,46+,47-,48+,49+,50-/m1/s1. The molecule has 1 aromatic carbocycles. The molecule has 328 valence electrons. The lowest BCUT2D eigenvalue weighted by Gasteiger charge is -2.59. The number of hydrogen-bond donors (Lipinski definition) is 1. The molecule has 0 amide bonds. The minimum atomic E-state index is -0.790. The number of esters is 1. The van der Waals surface area contributed by atoms with Crippen LogP contribution in [0.5, 0.6) is 0 Å². The Morgan fingerprint density at radius 3 is 2.31 bits per heavy atom. The molecule has 0 aromatic heterocycles. The van der Waals surface area contributed by atoms with E-state index in [1.807, 2.05) is 18.2 Å². The maximum atomic E-state index is 13.4. The quantitative estimate of drug-likeness (QED) is 0.213. The van der Waals surface area contributed by atoms with Crippen LogP contribution < -0.4 is 0 Å². The summed E-state index contributed by atoms with van der Waals surface area (Å²) in [6, 6.07) is 9.12. The van der Waals surface area contributed by atoms with Crippen LogP contribution in [-0.4, -0.2) is 79.3 Å². The Labute approximate surface area is 354 Å². The SMILES string of the molecule is CC1O[C@@H](OC2[C@H](O[C@H]3CC[C@@]4(C)C(=CC[C@H]5[C@@H]6C[C@@H]7O[C@]8(CC[C@@H](C)CO8)[C@@H](C)[C@@H]7[C@@]6(C)CC[C@@H]54)C3)OC(CO)[C@@H](C)[C@@H]2C)C(OC(=O)c2ccccc2)[C@@H](C)[C@H]1C. The van der Waals surface area contributed by atoms with Gasteiger partial charge in [-0.25, -0.2) is 4.79 Å². The lowest BCUT2D eigenvalue weighted by molar-refractivity contribution is -0.350. The molecule has 4 unspecified atom stereocenters. The van der Waals surface area contributed by atoms with E-state index in [0.717, 1.165) is 38.7 Å². The van der Waals surface area contributed by atoms with Crippen molar-refractivity contribution in [1.82, 2.24) is 0 Å². The van der Waals surface area contributed by atoms with E-state index in [0.29, 0.717) is 52.6 Å². The van der Waals surface area contributed by atoms with Gasteiger partial charge >= 0.3 is 5.97 Å². The van der Waals surface area contributed by atoms with E-state index in [1.165, 1.54) is 25.7 Å². The number of rotatable bonds is 7. The summed E-state index contributed by atoms with van der Waals surface area (Å²) in [7, 11) is 0. The first-order chi connectivity index (χ1) is 28.2. The summed E-state index contributed by atoms with van der Waals surface area (Å²) in [5.74, 6) is 3.07. The third-order valence-corrected chi connectivity index (χ3v) is 18.6. The van der Waals surface area contributed by atoms with Gasteiger partial charge in [-0.05, 0) is 129 Å². The van der Waals surface area contributed by atoms with Crippen LogP contribution in [-0.2, 0) is 33.2 Å². The number of benzene rings is 1. The van der Waals surface area contributed by atoms with Crippen molar-refractivity contribution in [2.24, 2.45) is 70.0 Å². The second kappa shape index (κ2) is 16.1. The van der Waals surface area contributed by atoms with Crippen molar-refractivity contribution in [2.45, 2.75) is 175 Å². The van der Waals surface area contributed by atoms with E-state index in [9.17, 15) is 9.90 Å². The Kier molecular flexibility index (Phi) is 11.5. The van der Waals surface area contributed by atoms with Gasteiger partial charge < -0.3 is 38.3 Å². The first-order valence-corrected chi connectivity index (χ1v) is 23.7. The lowest BCUT2D eigenvalue weighted by atomic mass is 9.47. The van der Waals surface area contributed by atoms with Crippen molar-refractivity contribution in [3.05, 3.63) is 47.5 Å². The van der Waals surface area contributed by atoms with E-state index in [1.54, 1.807) is 17.7 Å². The average Bonchev–Trinajstić information content (AvgIpc) is 3.68. The Balaban J connectivity index is 0.903. The second-order valence-corrected chi connectivity index (χ2v) is 21.5. The molecule has 4 saturated heterocycles. The highest BCUT2D eigenvalue weighted by atomic mass is 16.8. The first-order valence-electron chi connectivity index (χ1n) is 23.7. The number of carbonyl (C=O) groups excluding carboxylic acids is 1. The summed E-state index contributed by atoms with van der Waals surface area (Å²) >= 11 is 0. The van der Waals surface area contributed by atoms with Crippen molar-refractivity contribution in [2.75, 3.05) is 13.2 Å². The molecule has 9 heteroatoms.